The lowest BCUT2D eigenvalue weighted by atomic mass is 9.72. The largest absolute Gasteiger partial charge is 0.481 e. The molecule has 0 bridgehead atoms. The van der Waals surface area contributed by atoms with Gasteiger partial charge in [0, 0.05) is 27.6 Å². The minimum Gasteiger partial charge on any atom is -0.481 e. The summed E-state index contributed by atoms with van der Waals surface area (Å²) in [7, 11) is 0. The van der Waals surface area contributed by atoms with Crippen LogP contribution in [0.25, 0.3) is 10.9 Å². The van der Waals surface area contributed by atoms with Gasteiger partial charge in [-0.1, -0.05) is 22.0 Å². The van der Waals surface area contributed by atoms with Crippen LogP contribution in [0, 0.1) is 5.92 Å². The van der Waals surface area contributed by atoms with Crippen molar-refractivity contribution in [2.45, 2.75) is 31.7 Å². The second-order valence-electron chi connectivity index (χ2n) is 6.59. The van der Waals surface area contributed by atoms with Crippen molar-refractivity contribution in [1.29, 1.82) is 0 Å². The molecule has 2 aliphatic rings. The van der Waals surface area contributed by atoms with Crippen LogP contribution in [0.2, 0.25) is 0 Å². The number of aromatic amines is 1. The Bertz CT molecular complexity index is 769. The summed E-state index contributed by atoms with van der Waals surface area (Å²) in [4.78, 5) is 17.8. The van der Waals surface area contributed by atoms with Crippen LogP contribution in [0.3, 0.4) is 0 Å². The fourth-order valence-corrected chi connectivity index (χ4v) is 4.79. The molecule has 0 radical (unpaired) electrons. The van der Waals surface area contributed by atoms with Crippen LogP contribution in [0.15, 0.2) is 22.7 Å². The van der Waals surface area contributed by atoms with E-state index in [-0.39, 0.29) is 5.92 Å². The molecule has 1 saturated heterocycles. The van der Waals surface area contributed by atoms with E-state index in [1.165, 1.54) is 10.9 Å². The molecule has 2 aliphatic heterocycles. The van der Waals surface area contributed by atoms with Crippen LogP contribution in [-0.2, 0) is 16.8 Å². The van der Waals surface area contributed by atoms with Gasteiger partial charge in [0.05, 0.1) is 11.5 Å². The molecule has 4 rings (SSSR count). The first-order valence-corrected chi connectivity index (χ1v) is 8.59. The van der Waals surface area contributed by atoms with Crippen LogP contribution >= 0.6 is 15.9 Å². The lowest BCUT2D eigenvalue weighted by Crippen LogP contribution is -2.58. The maximum absolute atomic E-state index is 11.8. The smallest absolute Gasteiger partial charge is 0.308 e. The zero-order valence-corrected chi connectivity index (χ0v) is 14.1. The number of rotatable bonds is 1. The number of nitrogens with one attached hydrogen (secondary N) is 1. The van der Waals surface area contributed by atoms with Crippen molar-refractivity contribution >= 4 is 32.8 Å². The quantitative estimate of drug-likeness (QED) is 0.816. The predicted octanol–water partition coefficient (Wildman–Crippen LogP) is 3.50. The molecule has 4 nitrogen and oxygen atoms in total. The fourth-order valence-electron chi connectivity index (χ4n) is 4.43. The van der Waals surface area contributed by atoms with Crippen molar-refractivity contribution in [3.05, 3.63) is 33.9 Å². The van der Waals surface area contributed by atoms with E-state index in [0.717, 1.165) is 48.0 Å². The SMILES string of the molecule is CC12c3[nH]c4cc(Br)ccc4c3CCN1CCCC2C(=O)O. The highest BCUT2D eigenvalue weighted by Gasteiger charge is 2.51. The van der Waals surface area contributed by atoms with Crippen LogP contribution in [0.1, 0.15) is 31.0 Å². The van der Waals surface area contributed by atoms with Crippen molar-refractivity contribution in [2.75, 3.05) is 13.1 Å². The number of carbonyl (C=O) groups is 1. The van der Waals surface area contributed by atoms with Gasteiger partial charge in [0.15, 0.2) is 0 Å². The molecule has 1 aromatic carbocycles. The van der Waals surface area contributed by atoms with Crippen molar-refractivity contribution in [3.8, 4) is 0 Å². The summed E-state index contributed by atoms with van der Waals surface area (Å²) in [5, 5.41) is 11.0. The monoisotopic (exact) mass is 362 g/mol. The predicted molar refractivity (Wildman–Crippen MR) is 89.0 cm³/mol. The Balaban J connectivity index is 1.96. The van der Waals surface area contributed by atoms with E-state index in [1.807, 2.05) is 0 Å². The number of nitrogens with zero attached hydrogens (tertiary/aromatic N) is 1. The number of piperidine rings is 1. The average Bonchev–Trinajstić information content (AvgIpc) is 2.84. The molecule has 2 unspecified atom stereocenters. The van der Waals surface area contributed by atoms with Gasteiger partial charge in [0.25, 0.3) is 0 Å². The molecule has 1 aromatic heterocycles. The summed E-state index contributed by atoms with van der Waals surface area (Å²) in [5.74, 6) is -1.03. The Morgan fingerprint density at radius 2 is 2.27 bits per heavy atom. The van der Waals surface area contributed by atoms with Crippen molar-refractivity contribution in [2.24, 2.45) is 5.92 Å². The molecule has 0 aliphatic carbocycles. The van der Waals surface area contributed by atoms with Crippen molar-refractivity contribution in [1.82, 2.24) is 9.88 Å². The zero-order chi connectivity index (χ0) is 15.5. The number of hydrogen-bond donors (Lipinski definition) is 2. The number of carboxylic acids is 1. The molecular formula is C17H19BrN2O2. The van der Waals surface area contributed by atoms with Crippen LogP contribution in [-0.4, -0.2) is 34.0 Å². The Labute approximate surface area is 137 Å². The highest BCUT2D eigenvalue weighted by molar-refractivity contribution is 9.10. The number of halogens is 1. The van der Waals surface area contributed by atoms with Gasteiger partial charge in [-0.05, 0) is 50.4 Å². The van der Waals surface area contributed by atoms with Gasteiger partial charge in [-0.25, -0.2) is 0 Å². The third-order valence-corrected chi connectivity index (χ3v) is 6.05. The van der Waals surface area contributed by atoms with E-state index in [9.17, 15) is 9.90 Å². The Hall–Kier alpha value is -1.33. The van der Waals surface area contributed by atoms with Crippen molar-refractivity contribution in [3.63, 3.8) is 0 Å². The number of hydrogen-bond acceptors (Lipinski definition) is 2. The molecule has 0 amide bonds. The number of aromatic nitrogens is 1. The number of fused-ring (bicyclic) bond motifs is 5. The molecule has 2 aromatic rings. The van der Waals surface area contributed by atoms with Gasteiger partial charge < -0.3 is 10.1 Å². The fraction of sp³-hybridized carbons (Fsp3) is 0.471. The Kier molecular flexibility index (Phi) is 3.13. The molecule has 2 N–H and O–H groups in total. The Morgan fingerprint density at radius 3 is 3.05 bits per heavy atom. The first-order chi connectivity index (χ1) is 10.5. The number of carboxylic acid groups (broad SMARTS) is 1. The summed E-state index contributed by atoms with van der Waals surface area (Å²) in [6, 6.07) is 6.27. The maximum Gasteiger partial charge on any atom is 0.308 e. The summed E-state index contributed by atoms with van der Waals surface area (Å²) in [6.07, 6.45) is 2.70. The molecule has 5 heteroatoms. The number of H-pyrrole nitrogens is 1. The van der Waals surface area contributed by atoms with E-state index in [4.69, 9.17) is 0 Å². The van der Waals surface area contributed by atoms with Gasteiger partial charge >= 0.3 is 5.97 Å². The van der Waals surface area contributed by atoms with Gasteiger partial charge in [-0.2, -0.15) is 0 Å². The minimum absolute atomic E-state index is 0.350. The van der Waals surface area contributed by atoms with Crippen LogP contribution in [0.4, 0.5) is 0 Å². The summed E-state index contributed by atoms with van der Waals surface area (Å²) in [6.45, 7) is 4.03. The molecule has 116 valence electrons. The second kappa shape index (κ2) is 4.83. The molecular weight excluding hydrogens is 344 g/mol. The lowest BCUT2D eigenvalue weighted by Gasteiger charge is -2.51. The van der Waals surface area contributed by atoms with Gasteiger partial charge in [-0.3, -0.25) is 9.69 Å². The highest BCUT2D eigenvalue weighted by Crippen LogP contribution is 2.47. The second-order valence-corrected chi connectivity index (χ2v) is 7.50. The highest BCUT2D eigenvalue weighted by atomic mass is 79.9. The first-order valence-electron chi connectivity index (χ1n) is 7.80. The Morgan fingerprint density at radius 1 is 1.45 bits per heavy atom. The van der Waals surface area contributed by atoms with E-state index in [2.05, 4.69) is 50.9 Å². The minimum atomic E-state index is -0.681. The van der Waals surface area contributed by atoms with Gasteiger partial charge in [-0.15, -0.1) is 0 Å². The number of benzene rings is 1. The van der Waals surface area contributed by atoms with E-state index < -0.39 is 11.5 Å². The summed E-state index contributed by atoms with van der Waals surface area (Å²) >= 11 is 3.52. The molecule has 0 saturated carbocycles. The zero-order valence-electron chi connectivity index (χ0n) is 12.5. The van der Waals surface area contributed by atoms with Gasteiger partial charge in [0.1, 0.15) is 0 Å². The summed E-state index contributed by atoms with van der Waals surface area (Å²) < 4.78 is 1.04. The standard InChI is InChI=1S/C17H19BrN2O2/c1-17-13(16(21)22)3-2-7-20(17)8-6-12-11-5-4-10(18)9-14(11)19-15(12)17/h4-5,9,13,19H,2-3,6-8H2,1H3,(H,21,22). The molecule has 0 spiro atoms. The van der Waals surface area contributed by atoms with Crippen molar-refractivity contribution < 1.29 is 9.90 Å². The molecule has 1 fully saturated rings. The summed E-state index contributed by atoms with van der Waals surface area (Å²) in [5.41, 5.74) is 3.08. The van der Waals surface area contributed by atoms with Crippen LogP contribution < -0.4 is 0 Å². The molecule has 3 heterocycles. The number of aliphatic carboxylic acids is 1. The van der Waals surface area contributed by atoms with E-state index >= 15 is 0 Å². The molecule has 2 atom stereocenters. The normalized spacial score (nSPS) is 28.4. The van der Waals surface area contributed by atoms with E-state index in [0.29, 0.717) is 0 Å². The molecule has 22 heavy (non-hydrogen) atoms. The third kappa shape index (κ3) is 1.82. The topological polar surface area (TPSA) is 56.3 Å². The third-order valence-electron chi connectivity index (χ3n) is 5.56. The van der Waals surface area contributed by atoms with Gasteiger partial charge in [0.2, 0.25) is 0 Å². The van der Waals surface area contributed by atoms with Crippen LogP contribution in [0.5, 0.6) is 0 Å². The maximum atomic E-state index is 11.8. The average molecular weight is 363 g/mol. The first kappa shape index (κ1) is 14.3. The lowest BCUT2D eigenvalue weighted by molar-refractivity contribution is -0.152. The van der Waals surface area contributed by atoms with E-state index in [1.54, 1.807) is 0 Å².